The summed E-state index contributed by atoms with van der Waals surface area (Å²) in [5.74, 6) is -0.576. The normalized spacial score (nSPS) is 12.9. The zero-order valence-electron chi connectivity index (χ0n) is 26.0. The van der Waals surface area contributed by atoms with Crippen LogP contribution < -0.4 is 10.6 Å². The van der Waals surface area contributed by atoms with Crippen LogP contribution in [-0.4, -0.2) is 41.0 Å². The minimum absolute atomic E-state index is 0.109. The maximum absolute atomic E-state index is 14.4. The molecule has 0 radical (unpaired) electrons. The van der Waals surface area contributed by atoms with E-state index in [1.807, 2.05) is 64.1 Å². The second-order valence-corrected chi connectivity index (χ2v) is 12.6. The standard InChI is InChI=1S/C33H48ClN3O4/c1-9-10-11-12-19-37(31(39)27(20-22(2)3)35-32(40)41-33(6,7)8)29(25-17-13-15-23(4)21-25)30(38)36-28-24(5)16-14-18-26(28)34/h13-18,21-22,27,29H,9-12,19-20H2,1-8H3,(H,35,40)(H,36,38). The van der Waals surface area contributed by atoms with E-state index in [1.54, 1.807) is 31.7 Å². The summed E-state index contributed by atoms with van der Waals surface area (Å²) in [6, 6.07) is 11.3. The first-order valence-electron chi connectivity index (χ1n) is 14.7. The van der Waals surface area contributed by atoms with Gasteiger partial charge in [-0.25, -0.2) is 4.79 Å². The number of amides is 3. The number of hydrogen-bond donors (Lipinski definition) is 2. The molecule has 2 aromatic rings. The molecule has 2 unspecified atom stereocenters. The number of benzene rings is 2. The molecular weight excluding hydrogens is 538 g/mol. The first kappa shape index (κ1) is 34.1. The van der Waals surface area contributed by atoms with Crippen molar-refractivity contribution in [1.82, 2.24) is 10.2 Å². The number of hydrogen-bond acceptors (Lipinski definition) is 4. The summed E-state index contributed by atoms with van der Waals surface area (Å²) in [6.07, 6.45) is 3.44. The molecule has 0 fully saturated rings. The Kier molecular flexibility index (Phi) is 13.2. The van der Waals surface area contributed by atoms with Gasteiger partial charge in [0.2, 0.25) is 5.91 Å². The van der Waals surface area contributed by atoms with Crippen molar-refractivity contribution in [1.29, 1.82) is 0 Å². The van der Waals surface area contributed by atoms with Crippen molar-refractivity contribution in [2.45, 2.75) is 105 Å². The zero-order valence-corrected chi connectivity index (χ0v) is 26.7. The number of nitrogens with zero attached hydrogens (tertiary/aromatic N) is 1. The predicted octanol–water partition coefficient (Wildman–Crippen LogP) is 7.98. The Morgan fingerprint density at radius 2 is 1.68 bits per heavy atom. The van der Waals surface area contributed by atoms with E-state index in [-0.39, 0.29) is 17.7 Å². The van der Waals surface area contributed by atoms with E-state index in [9.17, 15) is 14.4 Å². The van der Waals surface area contributed by atoms with Gasteiger partial charge in [-0.15, -0.1) is 0 Å². The Morgan fingerprint density at radius 3 is 2.27 bits per heavy atom. The number of carbonyl (C=O) groups excluding carboxylic acids is 3. The summed E-state index contributed by atoms with van der Waals surface area (Å²) in [5.41, 5.74) is 2.28. The smallest absolute Gasteiger partial charge is 0.408 e. The quantitative estimate of drug-likeness (QED) is 0.233. The van der Waals surface area contributed by atoms with Crippen LogP contribution in [-0.2, 0) is 14.3 Å². The van der Waals surface area contributed by atoms with Gasteiger partial charge in [0.05, 0.1) is 10.7 Å². The molecule has 0 aliphatic rings. The van der Waals surface area contributed by atoms with Gasteiger partial charge in [-0.1, -0.05) is 93.6 Å². The first-order chi connectivity index (χ1) is 19.2. The Morgan fingerprint density at radius 1 is 1.00 bits per heavy atom. The Balaban J connectivity index is 2.58. The molecule has 2 N–H and O–H groups in total. The van der Waals surface area contributed by atoms with Crippen LogP contribution in [0.15, 0.2) is 42.5 Å². The highest BCUT2D eigenvalue weighted by Gasteiger charge is 2.36. The number of alkyl carbamates (subject to hydrolysis) is 1. The van der Waals surface area contributed by atoms with Crippen molar-refractivity contribution in [2.24, 2.45) is 5.92 Å². The SMILES string of the molecule is CCCCCCN(C(=O)C(CC(C)C)NC(=O)OC(C)(C)C)C(C(=O)Nc1c(C)cccc1Cl)c1cccc(C)c1. The largest absolute Gasteiger partial charge is 0.444 e. The molecular formula is C33H48ClN3O4. The highest BCUT2D eigenvalue weighted by atomic mass is 35.5. The van der Waals surface area contributed by atoms with Crippen LogP contribution in [0.4, 0.5) is 10.5 Å². The van der Waals surface area contributed by atoms with E-state index in [1.165, 1.54) is 0 Å². The lowest BCUT2D eigenvalue weighted by Gasteiger charge is -2.35. The summed E-state index contributed by atoms with van der Waals surface area (Å²) < 4.78 is 5.49. The highest BCUT2D eigenvalue weighted by Crippen LogP contribution is 2.30. The van der Waals surface area contributed by atoms with E-state index in [0.717, 1.165) is 36.8 Å². The molecule has 226 valence electrons. The second-order valence-electron chi connectivity index (χ2n) is 12.2. The number of unbranched alkanes of at least 4 members (excludes halogenated alkanes) is 3. The summed E-state index contributed by atoms with van der Waals surface area (Å²) in [6.45, 7) is 15.6. The molecule has 8 heteroatoms. The van der Waals surface area contributed by atoms with Crippen LogP contribution in [0.2, 0.25) is 5.02 Å². The number of halogens is 1. The maximum atomic E-state index is 14.4. The fourth-order valence-electron chi connectivity index (χ4n) is 4.71. The fraction of sp³-hybridized carbons (Fsp3) is 0.545. The van der Waals surface area contributed by atoms with Gasteiger partial charge in [0, 0.05) is 6.54 Å². The molecule has 0 spiro atoms. The van der Waals surface area contributed by atoms with E-state index in [4.69, 9.17) is 16.3 Å². The van der Waals surface area contributed by atoms with Crippen LogP contribution in [0.25, 0.3) is 0 Å². The van der Waals surface area contributed by atoms with Gasteiger partial charge in [0.25, 0.3) is 5.91 Å². The topological polar surface area (TPSA) is 87.7 Å². The molecule has 3 amide bonds. The number of carbonyl (C=O) groups is 3. The molecule has 2 rings (SSSR count). The van der Waals surface area contributed by atoms with Crippen LogP contribution in [0, 0.1) is 19.8 Å². The van der Waals surface area contributed by atoms with Crippen LogP contribution in [0.5, 0.6) is 0 Å². The number of anilines is 1. The van der Waals surface area contributed by atoms with Crippen LogP contribution in [0.3, 0.4) is 0 Å². The predicted molar refractivity (Wildman–Crippen MR) is 167 cm³/mol. The fourth-order valence-corrected chi connectivity index (χ4v) is 4.98. The van der Waals surface area contributed by atoms with Crippen molar-refractivity contribution >= 4 is 35.2 Å². The highest BCUT2D eigenvalue weighted by molar-refractivity contribution is 6.34. The van der Waals surface area contributed by atoms with Crippen molar-refractivity contribution in [3.05, 3.63) is 64.2 Å². The van der Waals surface area contributed by atoms with Crippen molar-refractivity contribution in [3.8, 4) is 0 Å². The molecule has 2 aromatic carbocycles. The van der Waals surface area contributed by atoms with Gasteiger partial charge in [0.15, 0.2) is 0 Å². The molecule has 2 atom stereocenters. The van der Waals surface area contributed by atoms with Crippen LogP contribution in [0.1, 0.15) is 96.4 Å². The summed E-state index contributed by atoms with van der Waals surface area (Å²) in [5, 5.41) is 6.24. The number of ether oxygens (including phenoxy) is 1. The Bertz CT molecular complexity index is 1160. The summed E-state index contributed by atoms with van der Waals surface area (Å²) in [7, 11) is 0. The van der Waals surface area contributed by atoms with E-state index in [2.05, 4.69) is 17.6 Å². The average molecular weight is 586 g/mol. The summed E-state index contributed by atoms with van der Waals surface area (Å²) >= 11 is 6.47. The lowest BCUT2D eigenvalue weighted by atomic mass is 9.97. The third kappa shape index (κ3) is 11.0. The third-order valence-corrected chi connectivity index (χ3v) is 6.93. The molecule has 0 aromatic heterocycles. The number of para-hydroxylation sites is 1. The van der Waals surface area contributed by atoms with Gasteiger partial charge >= 0.3 is 6.09 Å². The molecule has 0 saturated heterocycles. The van der Waals surface area contributed by atoms with Gasteiger partial charge in [-0.2, -0.15) is 0 Å². The van der Waals surface area contributed by atoms with E-state index < -0.39 is 23.8 Å². The summed E-state index contributed by atoms with van der Waals surface area (Å²) in [4.78, 5) is 43.0. The third-order valence-electron chi connectivity index (χ3n) is 6.62. The minimum atomic E-state index is -0.935. The molecule has 7 nitrogen and oxygen atoms in total. The van der Waals surface area contributed by atoms with Gasteiger partial charge in [-0.05, 0) is 70.6 Å². The molecule has 0 heterocycles. The molecule has 41 heavy (non-hydrogen) atoms. The van der Waals surface area contributed by atoms with Crippen molar-refractivity contribution < 1.29 is 19.1 Å². The average Bonchev–Trinajstić information content (AvgIpc) is 2.86. The number of nitrogens with one attached hydrogen (secondary N) is 2. The van der Waals surface area contributed by atoms with Crippen molar-refractivity contribution in [2.75, 3.05) is 11.9 Å². The first-order valence-corrected chi connectivity index (χ1v) is 15.0. The Labute approximate surface area is 251 Å². The number of rotatable bonds is 13. The van der Waals surface area contributed by atoms with Gasteiger partial charge in [-0.3, -0.25) is 9.59 Å². The zero-order chi connectivity index (χ0) is 30.7. The van der Waals surface area contributed by atoms with Gasteiger partial charge in [0.1, 0.15) is 17.7 Å². The minimum Gasteiger partial charge on any atom is -0.444 e. The Hall–Kier alpha value is -3.06. The number of aryl methyl sites for hydroxylation is 2. The lowest BCUT2D eigenvalue weighted by molar-refractivity contribution is -0.141. The van der Waals surface area contributed by atoms with Crippen molar-refractivity contribution in [3.63, 3.8) is 0 Å². The maximum Gasteiger partial charge on any atom is 0.408 e. The molecule has 0 saturated carbocycles. The lowest BCUT2D eigenvalue weighted by Crippen LogP contribution is -2.53. The van der Waals surface area contributed by atoms with Gasteiger partial charge < -0.3 is 20.3 Å². The van der Waals surface area contributed by atoms with E-state index >= 15 is 0 Å². The molecule has 0 aliphatic carbocycles. The monoisotopic (exact) mass is 585 g/mol. The molecule has 0 aliphatic heterocycles. The molecule has 0 bridgehead atoms. The van der Waals surface area contributed by atoms with Crippen LogP contribution >= 0.6 is 11.6 Å². The second kappa shape index (κ2) is 15.8. The van der Waals surface area contributed by atoms with E-state index in [0.29, 0.717) is 29.2 Å².